The van der Waals surface area contributed by atoms with E-state index in [1.54, 1.807) is 7.11 Å². The second-order valence-corrected chi connectivity index (χ2v) is 8.89. The first kappa shape index (κ1) is 21.5. The van der Waals surface area contributed by atoms with Crippen molar-refractivity contribution < 1.29 is 9.47 Å². The van der Waals surface area contributed by atoms with Crippen LogP contribution in [0.15, 0.2) is 36.4 Å². The molecular weight excluding hydrogens is 410 g/mol. The van der Waals surface area contributed by atoms with Crippen molar-refractivity contribution in [1.82, 2.24) is 14.8 Å². The number of methoxy groups -OCH3 is 1. The van der Waals surface area contributed by atoms with Crippen LogP contribution in [0.25, 0.3) is 16.5 Å². The maximum absolute atomic E-state index is 5.76. The van der Waals surface area contributed by atoms with E-state index in [0.29, 0.717) is 6.61 Å². The monoisotopic (exact) mass is 441 g/mol. The molecule has 0 spiro atoms. The highest BCUT2D eigenvalue weighted by Gasteiger charge is 2.22. The molecule has 0 unspecified atom stereocenters. The van der Waals surface area contributed by atoms with Gasteiger partial charge in [0.05, 0.1) is 30.8 Å². The predicted molar refractivity (Wildman–Crippen MR) is 132 cm³/mol. The van der Waals surface area contributed by atoms with Crippen molar-refractivity contribution >= 4 is 10.8 Å². The average Bonchev–Trinajstić information content (AvgIpc) is 3.38. The number of aryl methyl sites for hydroxylation is 5. The largest absolute Gasteiger partial charge is 0.494 e. The lowest BCUT2D eigenvalue weighted by atomic mass is 10.0. The van der Waals surface area contributed by atoms with Gasteiger partial charge in [0.1, 0.15) is 11.5 Å². The summed E-state index contributed by atoms with van der Waals surface area (Å²) < 4.78 is 13.7. The van der Waals surface area contributed by atoms with E-state index in [2.05, 4.69) is 52.9 Å². The Balaban J connectivity index is 1.65. The molecule has 0 bridgehead atoms. The van der Waals surface area contributed by atoms with E-state index in [0.717, 1.165) is 46.4 Å². The lowest BCUT2D eigenvalue weighted by Gasteiger charge is -2.15. The summed E-state index contributed by atoms with van der Waals surface area (Å²) in [5, 5.41) is 11.6. The van der Waals surface area contributed by atoms with Crippen LogP contribution in [-0.2, 0) is 19.3 Å². The summed E-state index contributed by atoms with van der Waals surface area (Å²) in [5.74, 6) is 1.59. The van der Waals surface area contributed by atoms with Gasteiger partial charge in [-0.3, -0.25) is 0 Å². The van der Waals surface area contributed by atoms with Crippen molar-refractivity contribution in [2.45, 2.75) is 53.4 Å². The first-order valence-corrected chi connectivity index (χ1v) is 11.8. The third-order valence-corrected chi connectivity index (χ3v) is 6.85. The van der Waals surface area contributed by atoms with Crippen LogP contribution >= 0.6 is 0 Å². The highest BCUT2D eigenvalue weighted by Crippen LogP contribution is 2.37. The molecule has 1 aliphatic carbocycles. The van der Waals surface area contributed by atoms with Crippen LogP contribution in [0.1, 0.15) is 52.8 Å². The molecule has 0 amide bonds. The number of hydrogen-bond donors (Lipinski definition) is 0. The molecular formula is C28H31N3O2. The third kappa shape index (κ3) is 3.65. The second kappa shape index (κ2) is 8.54. The SMILES string of the molecule is CCOc1ccc(-n2c(C)c3c(C)nnc(Cc4ccc5c(c4)CCC5)c3c2C)c(OC)c1. The third-order valence-electron chi connectivity index (χ3n) is 6.85. The van der Waals surface area contributed by atoms with E-state index in [9.17, 15) is 0 Å². The molecule has 0 atom stereocenters. The summed E-state index contributed by atoms with van der Waals surface area (Å²) in [7, 11) is 1.70. The standard InChI is InChI=1S/C28H31N3O2/c1-6-33-23-12-13-25(26(16-23)32-5)31-18(3)27-17(2)29-30-24(28(27)19(31)4)15-20-10-11-21-8-7-9-22(21)14-20/h10-14,16H,6-9,15H2,1-5H3. The molecule has 0 N–H and O–H groups in total. The predicted octanol–water partition coefficient (Wildman–Crippen LogP) is 5.83. The summed E-state index contributed by atoms with van der Waals surface area (Å²) in [4.78, 5) is 0. The Morgan fingerprint density at radius 2 is 1.70 bits per heavy atom. The summed E-state index contributed by atoms with van der Waals surface area (Å²) in [6.07, 6.45) is 4.43. The number of nitrogens with zero attached hydrogens (tertiary/aromatic N) is 3. The van der Waals surface area contributed by atoms with E-state index < -0.39 is 0 Å². The van der Waals surface area contributed by atoms with Crippen LogP contribution in [0, 0.1) is 20.8 Å². The highest BCUT2D eigenvalue weighted by molar-refractivity contribution is 5.93. The summed E-state index contributed by atoms with van der Waals surface area (Å²) in [6, 6.07) is 12.9. The Hall–Kier alpha value is -3.34. The Kier molecular flexibility index (Phi) is 5.57. The van der Waals surface area contributed by atoms with Crippen molar-refractivity contribution in [3.8, 4) is 17.2 Å². The normalized spacial score (nSPS) is 12.9. The Morgan fingerprint density at radius 3 is 2.48 bits per heavy atom. The zero-order chi connectivity index (χ0) is 23.1. The molecule has 2 aromatic heterocycles. The molecule has 5 rings (SSSR count). The Morgan fingerprint density at radius 1 is 0.909 bits per heavy atom. The van der Waals surface area contributed by atoms with Gasteiger partial charge in [0.25, 0.3) is 0 Å². The number of ether oxygens (including phenoxy) is 2. The van der Waals surface area contributed by atoms with E-state index in [1.807, 2.05) is 26.0 Å². The van der Waals surface area contributed by atoms with Crippen LogP contribution < -0.4 is 9.47 Å². The zero-order valence-corrected chi connectivity index (χ0v) is 20.2. The molecule has 0 saturated heterocycles. The highest BCUT2D eigenvalue weighted by atomic mass is 16.5. The first-order chi connectivity index (χ1) is 16.0. The van der Waals surface area contributed by atoms with Crippen molar-refractivity contribution in [2.24, 2.45) is 0 Å². The molecule has 0 radical (unpaired) electrons. The quantitative estimate of drug-likeness (QED) is 0.378. The van der Waals surface area contributed by atoms with Crippen molar-refractivity contribution in [1.29, 1.82) is 0 Å². The number of benzene rings is 2. The minimum Gasteiger partial charge on any atom is -0.494 e. The van der Waals surface area contributed by atoms with Gasteiger partial charge in [0.2, 0.25) is 0 Å². The molecule has 0 aliphatic heterocycles. The van der Waals surface area contributed by atoms with Crippen LogP contribution in [0.5, 0.6) is 11.5 Å². The number of rotatable bonds is 6. The fraction of sp³-hybridized carbons (Fsp3) is 0.357. The van der Waals surface area contributed by atoms with Crippen LogP contribution in [0.2, 0.25) is 0 Å². The van der Waals surface area contributed by atoms with Crippen LogP contribution in [-0.4, -0.2) is 28.5 Å². The lowest BCUT2D eigenvalue weighted by molar-refractivity contribution is 0.336. The fourth-order valence-electron chi connectivity index (χ4n) is 5.38. The Bertz CT molecular complexity index is 1350. The molecule has 2 aromatic carbocycles. The molecule has 5 heteroatoms. The summed E-state index contributed by atoms with van der Waals surface area (Å²) >= 11 is 0. The van der Waals surface area contributed by atoms with Crippen molar-refractivity contribution in [3.63, 3.8) is 0 Å². The van der Waals surface area contributed by atoms with Gasteiger partial charge in [-0.2, -0.15) is 10.2 Å². The molecule has 33 heavy (non-hydrogen) atoms. The Labute approximate surface area is 195 Å². The molecule has 4 aromatic rings. The lowest BCUT2D eigenvalue weighted by Crippen LogP contribution is -2.03. The van der Waals surface area contributed by atoms with Gasteiger partial charge in [-0.1, -0.05) is 18.2 Å². The molecule has 5 nitrogen and oxygen atoms in total. The van der Waals surface area contributed by atoms with Crippen LogP contribution in [0.3, 0.4) is 0 Å². The van der Waals surface area contributed by atoms with Crippen molar-refractivity contribution in [3.05, 3.63) is 75.9 Å². The number of fused-ring (bicyclic) bond motifs is 2. The van der Waals surface area contributed by atoms with E-state index >= 15 is 0 Å². The van der Waals surface area contributed by atoms with Gasteiger partial charge in [0.15, 0.2) is 0 Å². The summed E-state index contributed by atoms with van der Waals surface area (Å²) in [6.45, 7) is 8.97. The molecule has 0 saturated carbocycles. The molecule has 0 fully saturated rings. The van der Waals surface area contributed by atoms with Crippen molar-refractivity contribution in [2.75, 3.05) is 13.7 Å². The zero-order valence-electron chi connectivity index (χ0n) is 20.2. The number of hydrogen-bond acceptors (Lipinski definition) is 4. The molecule has 1 aliphatic rings. The van der Waals surface area contributed by atoms with Gasteiger partial charge < -0.3 is 14.0 Å². The van der Waals surface area contributed by atoms with E-state index in [1.165, 1.54) is 46.7 Å². The number of aromatic nitrogens is 3. The smallest absolute Gasteiger partial charge is 0.146 e. The minimum absolute atomic E-state index is 0.622. The minimum atomic E-state index is 0.622. The maximum atomic E-state index is 5.76. The molecule has 170 valence electrons. The fourth-order valence-corrected chi connectivity index (χ4v) is 5.38. The summed E-state index contributed by atoms with van der Waals surface area (Å²) in [5.41, 5.74) is 9.57. The maximum Gasteiger partial charge on any atom is 0.146 e. The first-order valence-electron chi connectivity index (χ1n) is 11.8. The van der Waals surface area contributed by atoms with E-state index in [-0.39, 0.29) is 0 Å². The van der Waals surface area contributed by atoms with E-state index in [4.69, 9.17) is 9.47 Å². The second-order valence-electron chi connectivity index (χ2n) is 8.89. The van der Waals surface area contributed by atoms with Gasteiger partial charge >= 0.3 is 0 Å². The van der Waals surface area contributed by atoms with Gasteiger partial charge in [-0.15, -0.1) is 0 Å². The van der Waals surface area contributed by atoms with Crippen LogP contribution in [0.4, 0.5) is 0 Å². The van der Waals surface area contributed by atoms with Gasteiger partial charge in [-0.25, -0.2) is 0 Å². The molecule has 2 heterocycles. The topological polar surface area (TPSA) is 49.2 Å². The van der Waals surface area contributed by atoms with Gasteiger partial charge in [-0.05, 0) is 75.8 Å². The average molecular weight is 442 g/mol. The van der Waals surface area contributed by atoms with Gasteiger partial charge in [0, 0.05) is 34.6 Å².